The van der Waals surface area contributed by atoms with Gasteiger partial charge < -0.3 is 10.5 Å². The number of thioether (sulfide) groups is 1. The fourth-order valence-corrected chi connectivity index (χ4v) is 3.45. The Hall–Kier alpha value is -2.87. The molecule has 1 heterocycles. The Kier molecular flexibility index (Phi) is 5.99. The first-order valence-corrected chi connectivity index (χ1v) is 9.99. The van der Waals surface area contributed by atoms with E-state index in [9.17, 15) is 18.8 Å². The van der Waals surface area contributed by atoms with Crippen molar-refractivity contribution >= 4 is 29.5 Å². The molecule has 3 amide bonds. The van der Waals surface area contributed by atoms with Gasteiger partial charge in [-0.3, -0.25) is 19.3 Å². The molecular formula is C20H19FN2O4S. The minimum atomic E-state index is -0.983. The highest BCUT2D eigenvalue weighted by Gasteiger charge is 2.42. The smallest absolute Gasteiger partial charge is 0.262 e. The quantitative estimate of drug-likeness (QED) is 0.686. The van der Waals surface area contributed by atoms with Crippen LogP contribution in [0.15, 0.2) is 42.5 Å². The third-order valence-corrected chi connectivity index (χ3v) is 5.09. The molecule has 28 heavy (non-hydrogen) atoms. The van der Waals surface area contributed by atoms with E-state index >= 15 is 0 Å². The third kappa shape index (κ3) is 4.01. The second-order valence-corrected chi connectivity index (χ2v) is 7.29. The lowest BCUT2D eigenvalue weighted by Crippen LogP contribution is -2.48. The van der Waals surface area contributed by atoms with E-state index < -0.39 is 23.8 Å². The van der Waals surface area contributed by atoms with E-state index in [1.165, 1.54) is 36.0 Å². The number of fused-ring (bicyclic) bond motifs is 1. The lowest BCUT2D eigenvalue weighted by molar-refractivity contribution is -0.121. The van der Waals surface area contributed by atoms with Crippen molar-refractivity contribution in [1.82, 2.24) is 4.90 Å². The largest absolute Gasteiger partial charge is 0.489 e. The highest BCUT2D eigenvalue weighted by Crippen LogP contribution is 2.29. The summed E-state index contributed by atoms with van der Waals surface area (Å²) in [5.74, 6) is -1.15. The van der Waals surface area contributed by atoms with Crippen LogP contribution in [0.4, 0.5) is 4.39 Å². The van der Waals surface area contributed by atoms with Crippen molar-refractivity contribution in [2.45, 2.75) is 19.1 Å². The van der Waals surface area contributed by atoms with E-state index in [0.29, 0.717) is 17.9 Å². The van der Waals surface area contributed by atoms with Gasteiger partial charge in [0.15, 0.2) is 0 Å². The maximum Gasteiger partial charge on any atom is 0.262 e. The molecule has 8 heteroatoms. The van der Waals surface area contributed by atoms with Gasteiger partial charge in [-0.25, -0.2) is 4.39 Å². The number of hydrogen-bond acceptors (Lipinski definition) is 5. The number of carbonyl (C=O) groups excluding carboxylic acids is 3. The molecule has 0 radical (unpaired) electrons. The molecule has 2 aromatic rings. The van der Waals surface area contributed by atoms with E-state index in [4.69, 9.17) is 10.5 Å². The van der Waals surface area contributed by atoms with Gasteiger partial charge in [-0.2, -0.15) is 11.8 Å². The third-order valence-electron chi connectivity index (χ3n) is 4.44. The van der Waals surface area contributed by atoms with Gasteiger partial charge in [0.05, 0.1) is 11.1 Å². The molecule has 1 unspecified atom stereocenters. The standard InChI is InChI=1S/C20H19FN2O4S/c1-28-9-8-17(18(22)24)23-19(25)15-7-6-14(10-16(15)20(23)26)27-11-12-2-4-13(21)5-3-12/h2-7,10,17H,8-9,11H2,1H3,(H2,22,24). The Morgan fingerprint density at radius 3 is 2.46 bits per heavy atom. The van der Waals surface area contributed by atoms with E-state index in [1.807, 2.05) is 6.26 Å². The van der Waals surface area contributed by atoms with Gasteiger partial charge in [0.2, 0.25) is 5.91 Å². The number of imide groups is 1. The van der Waals surface area contributed by atoms with Crippen LogP contribution in [0, 0.1) is 5.82 Å². The van der Waals surface area contributed by atoms with Crippen molar-refractivity contribution in [3.05, 3.63) is 65.0 Å². The molecular weight excluding hydrogens is 383 g/mol. The summed E-state index contributed by atoms with van der Waals surface area (Å²) in [6.07, 6.45) is 2.17. The van der Waals surface area contributed by atoms with Crippen molar-refractivity contribution in [1.29, 1.82) is 0 Å². The van der Waals surface area contributed by atoms with Crippen LogP contribution in [0.1, 0.15) is 32.7 Å². The van der Waals surface area contributed by atoms with Crippen molar-refractivity contribution < 1.29 is 23.5 Å². The molecule has 0 saturated carbocycles. The minimum Gasteiger partial charge on any atom is -0.489 e. The molecule has 0 saturated heterocycles. The fourth-order valence-electron chi connectivity index (χ4n) is 2.99. The molecule has 1 atom stereocenters. The Labute approximate surface area is 165 Å². The van der Waals surface area contributed by atoms with Crippen LogP contribution in [0.25, 0.3) is 0 Å². The molecule has 3 rings (SSSR count). The van der Waals surface area contributed by atoms with Gasteiger partial charge in [-0.15, -0.1) is 0 Å². The molecule has 0 spiro atoms. The maximum absolute atomic E-state index is 13.0. The van der Waals surface area contributed by atoms with Crippen LogP contribution in [0.5, 0.6) is 5.75 Å². The lowest BCUT2D eigenvalue weighted by atomic mass is 10.1. The van der Waals surface area contributed by atoms with Gasteiger partial charge in [-0.1, -0.05) is 12.1 Å². The SMILES string of the molecule is CSCCC(C(N)=O)N1C(=O)c2ccc(OCc3ccc(F)cc3)cc2C1=O. The van der Waals surface area contributed by atoms with Crippen molar-refractivity contribution in [2.75, 3.05) is 12.0 Å². The van der Waals surface area contributed by atoms with E-state index in [2.05, 4.69) is 0 Å². The number of primary amides is 1. The summed E-state index contributed by atoms with van der Waals surface area (Å²) < 4.78 is 18.6. The molecule has 2 aromatic carbocycles. The van der Waals surface area contributed by atoms with Gasteiger partial charge in [0, 0.05) is 0 Å². The summed E-state index contributed by atoms with van der Waals surface area (Å²) in [7, 11) is 0. The second kappa shape index (κ2) is 8.43. The zero-order valence-corrected chi connectivity index (χ0v) is 16.0. The zero-order valence-electron chi connectivity index (χ0n) is 15.2. The molecule has 0 fully saturated rings. The Bertz CT molecular complexity index is 917. The van der Waals surface area contributed by atoms with Crippen LogP contribution in [0.3, 0.4) is 0 Å². The van der Waals surface area contributed by atoms with Crippen molar-refractivity contribution in [3.8, 4) is 5.75 Å². The highest BCUT2D eigenvalue weighted by atomic mass is 32.2. The first-order chi connectivity index (χ1) is 13.4. The van der Waals surface area contributed by atoms with E-state index in [0.717, 1.165) is 10.5 Å². The average molecular weight is 402 g/mol. The molecule has 2 N–H and O–H groups in total. The molecule has 146 valence electrons. The summed E-state index contributed by atoms with van der Waals surface area (Å²) in [5.41, 5.74) is 6.58. The second-order valence-electron chi connectivity index (χ2n) is 6.30. The molecule has 0 aromatic heterocycles. The molecule has 1 aliphatic heterocycles. The normalized spacial score (nSPS) is 14.1. The number of halogens is 1. The summed E-state index contributed by atoms with van der Waals surface area (Å²) in [5, 5.41) is 0. The Balaban J connectivity index is 1.78. The number of benzene rings is 2. The fraction of sp³-hybridized carbons (Fsp3) is 0.250. The predicted octanol–water partition coefficient (Wildman–Crippen LogP) is 2.61. The Morgan fingerprint density at radius 2 is 1.82 bits per heavy atom. The Morgan fingerprint density at radius 1 is 1.14 bits per heavy atom. The summed E-state index contributed by atoms with van der Waals surface area (Å²) in [6, 6.07) is 9.44. The number of rotatable bonds is 8. The number of amides is 3. The topological polar surface area (TPSA) is 89.7 Å². The van der Waals surface area contributed by atoms with Crippen molar-refractivity contribution in [2.24, 2.45) is 5.73 Å². The highest BCUT2D eigenvalue weighted by molar-refractivity contribution is 7.98. The lowest BCUT2D eigenvalue weighted by Gasteiger charge is -2.22. The van der Waals surface area contributed by atoms with Crippen molar-refractivity contribution in [3.63, 3.8) is 0 Å². The van der Waals surface area contributed by atoms with E-state index in [1.54, 1.807) is 18.2 Å². The summed E-state index contributed by atoms with van der Waals surface area (Å²) in [6.45, 7) is 0.183. The summed E-state index contributed by atoms with van der Waals surface area (Å²) in [4.78, 5) is 38.2. The number of carbonyl (C=O) groups is 3. The predicted molar refractivity (Wildman–Crippen MR) is 104 cm³/mol. The zero-order chi connectivity index (χ0) is 20.3. The van der Waals surface area contributed by atoms with E-state index in [-0.39, 0.29) is 23.6 Å². The number of hydrogen-bond donors (Lipinski definition) is 1. The first kappa shape index (κ1) is 19.9. The monoisotopic (exact) mass is 402 g/mol. The molecule has 0 bridgehead atoms. The minimum absolute atomic E-state index is 0.178. The van der Waals surface area contributed by atoms with Crippen LogP contribution in [0.2, 0.25) is 0 Å². The average Bonchev–Trinajstić information content (AvgIpc) is 2.92. The number of nitrogens with two attached hydrogens (primary N) is 1. The van der Waals surface area contributed by atoms with Crippen LogP contribution < -0.4 is 10.5 Å². The van der Waals surface area contributed by atoms with Gasteiger partial charge in [0.25, 0.3) is 11.8 Å². The van der Waals surface area contributed by atoms with Crippen LogP contribution in [-0.4, -0.2) is 40.7 Å². The van der Waals surface area contributed by atoms with Crippen LogP contribution in [-0.2, 0) is 11.4 Å². The molecule has 1 aliphatic rings. The van der Waals surface area contributed by atoms with Crippen LogP contribution >= 0.6 is 11.8 Å². The first-order valence-electron chi connectivity index (χ1n) is 8.60. The number of nitrogens with zero attached hydrogens (tertiary/aromatic N) is 1. The maximum atomic E-state index is 13.0. The van der Waals surface area contributed by atoms with Gasteiger partial charge in [0.1, 0.15) is 24.2 Å². The summed E-state index contributed by atoms with van der Waals surface area (Å²) >= 11 is 1.50. The van der Waals surface area contributed by atoms with Gasteiger partial charge >= 0.3 is 0 Å². The molecule has 0 aliphatic carbocycles. The number of ether oxygens (including phenoxy) is 1. The van der Waals surface area contributed by atoms with Gasteiger partial charge in [-0.05, 0) is 54.3 Å². The molecule has 6 nitrogen and oxygen atoms in total.